The third-order valence-electron chi connectivity index (χ3n) is 8.91. The molecule has 2 saturated carbocycles. The largest absolute Gasteiger partial charge is 0.342 e. The topological polar surface area (TPSA) is 90.5 Å². The molecule has 4 rings (SSSR count). The third kappa shape index (κ3) is 5.13. The lowest BCUT2D eigenvalue weighted by Gasteiger charge is -2.50. The maximum absolute atomic E-state index is 13.3. The van der Waals surface area contributed by atoms with Crippen molar-refractivity contribution in [3.63, 3.8) is 0 Å². The minimum Gasteiger partial charge on any atom is -0.342 e. The molecule has 0 aromatic heterocycles. The Balaban J connectivity index is 1.34. The fraction of sp³-hybridized carbons (Fsp3) is 0.880. The predicted octanol–water partition coefficient (Wildman–Crippen LogP) is 3.04. The second-order valence-electron chi connectivity index (χ2n) is 11.1. The SMILES string of the molecule is CC1CC2C(CN1)CC(C1CC(NC(=O)NC(=O)C3CCCCC3)CCC1C)C(=O)N2C. The molecule has 3 N–H and O–H groups in total. The van der Waals surface area contributed by atoms with Gasteiger partial charge in [0, 0.05) is 43.6 Å². The van der Waals surface area contributed by atoms with Crippen molar-refractivity contribution in [1.82, 2.24) is 20.9 Å². The van der Waals surface area contributed by atoms with Gasteiger partial charge in [0.2, 0.25) is 11.8 Å². The first-order chi connectivity index (χ1) is 15.3. The summed E-state index contributed by atoms with van der Waals surface area (Å²) in [6.07, 6.45) is 9.80. The number of piperidine rings is 2. The molecule has 0 bridgehead atoms. The Morgan fingerprint density at radius 3 is 2.50 bits per heavy atom. The van der Waals surface area contributed by atoms with Crippen molar-refractivity contribution >= 4 is 17.8 Å². The third-order valence-corrected chi connectivity index (χ3v) is 8.91. The highest BCUT2D eigenvalue weighted by atomic mass is 16.2. The number of carbonyl (C=O) groups excluding carboxylic acids is 3. The van der Waals surface area contributed by atoms with E-state index in [2.05, 4.69) is 29.8 Å². The van der Waals surface area contributed by atoms with Crippen LogP contribution in [-0.2, 0) is 9.59 Å². The molecule has 7 heteroatoms. The van der Waals surface area contributed by atoms with Gasteiger partial charge in [-0.1, -0.05) is 26.2 Å². The number of nitrogens with one attached hydrogen (secondary N) is 3. The van der Waals surface area contributed by atoms with Crippen LogP contribution in [0, 0.1) is 29.6 Å². The molecule has 2 aliphatic carbocycles. The molecule has 7 unspecified atom stereocenters. The van der Waals surface area contributed by atoms with E-state index in [-0.39, 0.29) is 41.6 Å². The van der Waals surface area contributed by atoms with Crippen LogP contribution in [0.2, 0.25) is 0 Å². The van der Waals surface area contributed by atoms with E-state index in [1.807, 2.05) is 11.9 Å². The summed E-state index contributed by atoms with van der Waals surface area (Å²) < 4.78 is 0. The number of carbonyl (C=O) groups is 3. The maximum atomic E-state index is 13.3. The number of rotatable bonds is 3. The summed E-state index contributed by atoms with van der Waals surface area (Å²) in [6.45, 7) is 5.44. The maximum Gasteiger partial charge on any atom is 0.321 e. The number of imide groups is 1. The van der Waals surface area contributed by atoms with Gasteiger partial charge in [0.25, 0.3) is 0 Å². The average Bonchev–Trinajstić information content (AvgIpc) is 2.78. The van der Waals surface area contributed by atoms with Gasteiger partial charge < -0.3 is 15.5 Å². The number of urea groups is 1. The minimum atomic E-state index is -0.364. The number of hydrogen-bond donors (Lipinski definition) is 3. The van der Waals surface area contributed by atoms with Crippen LogP contribution in [0.1, 0.15) is 78.1 Å². The number of nitrogens with zero attached hydrogens (tertiary/aromatic N) is 1. The van der Waals surface area contributed by atoms with Crippen LogP contribution < -0.4 is 16.0 Å². The van der Waals surface area contributed by atoms with E-state index in [9.17, 15) is 14.4 Å². The molecule has 4 aliphatic rings. The molecular formula is C25H42N4O3. The van der Waals surface area contributed by atoms with Gasteiger partial charge in [-0.3, -0.25) is 14.9 Å². The first-order valence-corrected chi connectivity index (χ1v) is 12.9. The first-order valence-electron chi connectivity index (χ1n) is 12.9. The number of fused-ring (bicyclic) bond motifs is 1. The number of amides is 4. The summed E-state index contributed by atoms with van der Waals surface area (Å²) in [5, 5.41) is 9.24. The highest BCUT2D eigenvalue weighted by molar-refractivity contribution is 5.95. The van der Waals surface area contributed by atoms with Crippen LogP contribution in [0.3, 0.4) is 0 Å². The van der Waals surface area contributed by atoms with Crippen molar-refractivity contribution in [3.8, 4) is 0 Å². The van der Waals surface area contributed by atoms with Crippen LogP contribution >= 0.6 is 0 Å². The average molecular weight is 447 g/mol. The summed E-state index contributed by atoms with van der Waals surface area (Å²) in [5.74, 6) is 1.42. The standard InChI is InChI=1S/C25H42N4O3/c1-15-9-10-19(27-25(32)28-23(30)17-7-5-4-6-8-17)13-20(15)21-12-18-14-26-16(2)11-22(18)29(3)24(21)31/h15-22,26H,4-14H2,1-3H3,(H2,27,28,30,32). The summed E-state index contributed by atoms with van der Waals surface area (Å²) in [6, 6.07) is 0.464. The lowest BCUT2D eigenvalue weighted by Crippen LogP contribution is -2.60. The molecule has 180 valence electrons. The predicted molar refractivity (Wildman–Crippen MR) is 124 cm³/mol. The second-order valence-corrected chi connectivity index (χ2v) is 11.1. The molecule has 0 aromatic carbocycles. The van der Waals surface area contributed by atoms with Crippen molar-refractivity contribution in [2.24, 2.45) is 29.6 Å². The lowest BCUT2D eigenvalue weighted by atomic mass is 9.65. The first kappa shape index (κ1) is 23.5. The number of likely N-dealkylation sites (tertiary alicyclic amines) is 1. The van der Waals surface area contributed by atoms with E-state index in [4.69, 9.17) is 0 Å². The summed E-state index contributed by atoms with van der Waals surface area (Å²) in [5.41, 5.74) is 0. The summed E-state index contributed by atoms with van der Waals surface area (Å²) in [4.78, 5) is 40.3. The molecule has 0 aromatic rings. The van der Waals surface area contributed by atoms with Gasteiger partial charge in [0.1, 0.15) is 0 Å². The van der Waals surface area contributed by atoms with Crippen molar-refractivity contribution in [2.75, 3.05) is 13.6 Å². The normalized spacial score (nSPS) is 38.7. The Morgan fingerprint density at radius 1 is 1.00 bits per heavy atom. The zero-order chi connectivity index (χ0) is 22.8. The number of hydrogen-bond acceptors (Lipinski definition) is 4. The fourth-order valence-corrected chi connectivity index (χ4v) is 6.90. The van der Waals surface area contributed by atoms with Crippen LogP contribution in [-0.4, -0.2) is 54.5 Å². The van der Waals surface area contributed by atoms with Gasteiger partial charge in [-0.25, -0.2) is 4.79 Å². The smallest absolute Gasteiger partial charge is 0.321 e. The molecule has 4 fully saturated rings. The minimum absolute atomic E-state index is 0.0238. The van der Waals surface area contributed by atoms with E-state index in [1.54, 1.807) is 0 Å². The molecule has 7 nitrogen and oxygen atoms in total. The summed E-state index contributed by atoms with van der Waals surface area (Å²) in [7, 11) is 1.98. The van der Waals surface area contributed by atoms with Gasteiger partial charge in [-0.15, -0.1) is 0 Å². The highest BCUT2D eigenvalue weighted by Gasteiger charge is 2.47. The quantitative estimate of drug-likeness (QED) is 0.622. The van der Waals surface area contributed by atoms with Crippen LogP contribution in [0.4, 0.5) is 4.79 Å². The van der Waals surface area contributed by atoms with Crippen molar-refractivity contribution in [1.29, 1.82) is 0 Å². The van der Waals surface area contributed by atoms with E-state index in [0.717, 1.165) is 64.3 Å². The Morgan fingerprint density at radius 2 is 1.75 bits per heavy atom. The Hall–Kier alpha value is -1.63. The molecule has 2 aliphatic heterocycles. The van der Waals surface area contributed by atoms with E-state index in [0.29, 0.717) is 23.9 Å². The van der Waals surface area contributed by atoms with Gasteiger partial charge >= 0.3 is 6.03 Å². The van der Waals surface area contributed by atoms with Crippen LogP contribution in [0.15, 0.2) is 0 Å². The highest BCUT2D eigenvalue weighted by Crippen LogP contribution is 2.43. The molecule has 7 atom stereocenters. The van der Waals surface area contributed by atoms with Gasteiger partial charge in [0.15, 0.2) is 0 Å². The second kappa shape index (κ2) is 10.1. The summed E-state index contributed by atoms with van der Waals surface area (Å²) >= 11 is 0. The van der Waals surface area contributed by atoms with Crippen LogP contribution in [0.25, 0.3) is 0 Å². The molecule has 4 amide bonds. The Labute approximate surface area is 192 Å². The molecule has 2 heterocycles. The molecule has 2 saturated heterocycles. The molecule has 0 radical (unpaired) electrons. The fourth-order valence-electron chi connectivity index (χ4n) is 6.90. The Kier molecular flexibility index (Phi) is 7.43. The van der Waals surface area contributed by atoms with Crippen molar-refractivity contribution in [2.45, 2.75) is 96.2 Å². The van der Waals surface area contributed by atoms with Crippen molar-refractivity contribution in [3.05, 3.63) is 0 Å². The van der Waals surface area contributed by atoms with Crippen LogP contribution in [0.5, 0.6) is 0 Å². The molecular weight excluding hydrogens is 404 g/mol. The van der Waals surface area contributed by atoms with E-state index in [1.165, 1.54) is 6.42 Å². The van der Waals surface area contributed by atoms with Gasteiger partial charge in [-0.05, 0) is 69.6 Å². The zero-order valence-electron chi connectivity index (χ0n) is 20.1. The monoisotopic (exact) mass is 446 g/mol. The van der Waals surface area contributed by atoms with Crippen molar-refractivity contribution < 1.29 is 14.4 Å². The zero-order valence-corrected chi connectivity index (χ0v) is 20.1. The van der Waals surface area contributed by atoms with Gasteiger partial charge in [-0.2, -0.15) is 0 Å². The molecule has 32 heavy (non-hydrogen) atoms. The Bertz CT molecular complexity index is 707. The van der Waals surface area contributed by atoms with Gasteiger partial charge in [0.05, 0.1) is 0 Å². The van der Waals surface area contributed by atoms with E-state index < -0.39 is 0 Å². The van der Waals surface area contributed by atoms with E-state index >= 15 is 0 Å². The lowest BCUT2D eigenvalue weighted by molar-refractivity contribution is -0.148. The molecule has 0 spiro atoms.